The lowest BCUT2D eigenvalue weighted by Crippen LogP contribution is -2.26. The number of oxazole rings is 1. The van der Waals surface area contributed by atoms with Gasteiger partial charge in [-0.2, -0.15) is 0 Å². The Morgan fingerprint density at radius 1 is 1.45 bits per heavy atom. The zero-order valence-electron chi connectivity index (χ0n) is 11.4. The molecule has 0 radical (unpaired) electrons. The van der Waals surface area contributed by atoms with Gasteiger partial charge >= 0.3 is 0 Å². The van der Waals surface area contributed by atoms with Gasteiger partial charge in [-0.3, -0.25) is 4.79 Å². The van der Waals surface area contributed by atoms with E-state index in [2.05, 4.69) is 10.3 Å². The molecule has 1 amide bonds. The summed E-state index contributed by atoms with van der Waals surface area (Å²) in [5, 5.41) is 3.36. The number of rotatable bonds is 8. The summed E-state index contributed by atoms with van der Waals surface area (Å²) in [6.07, 6.45) is 0.827. The van der Waals surface area contributed by atoms with Crippen LogP contribution < -0.4 is 5.32 Å². The second kappa shape index (κ2) is 7.91. The van der Waals surface area contributed by atoms with Crippen LogP contribution in [0.4, 0.5) is 0 Å². The number of hydrogen-bond acceptors (Lipinski definition) is 5. The lowest BCUT2D eigenvalue weighted by Gasteiger charge is -2.03. The summed E-state index contributed by atoms with van der Waals surface area (Å²) < 4.78 is 10.7. The topological polar surface area (TPSA) is 64.4 Å². The number of aromatic nitrogens is 1. The number of benzene rings is 1. The molecule has 0 unspecified atom stereocenters. The average Bonchev–Trinajstić information content (AvgIpc) is 2.88. The summed E-state index contributed by atoms with van der Waals surface area (Å²) in [7, 11) is 0. The zero-order valence-corrected chi connectivity index (χ0v) is 12.2. The third kappa shape index (κ3) is 4.54. The number of nitrogens with one attached hydrogen (secondary N) is 1. The predicted molar refractivity (Wildman–Crippen MR) is 78.9 cm³/mol. The molecular formula is C14H18N2O3S. The van der Waals surface area contributed by atoms with Crippen LogP contribution in [0.25, 0.3) is 11.1 Å². The van der Waals surface area contributed by atoms with Gasteiger partial charge in [0.25, 0.3) is 5.22 Å². The highest BCUT2D eigenvalue weighted by Crippen LogP contribution is 2.22. The Kier molecular flexibility index (Phi) is 5.88. The number of amides is 1. The highest BCUT2D eigenvalue weighted by molar-refractivity contribution is 7.99. The summed E-state index contributed by atoms with van der Waals surface area (Å²) in [6.45, 7) is 3.97. The van der Waals surface area contributed by atoms with Crippen molar-refractivity contribution >= 4 is 28.8 Å². The molecule has 1 aromatic heterocycles. The molecule has 108 valence electrons. The molecule has 2 aromatic rings. The number of para-hydroxylation sites is 2. The van der Waals surface area contributed by atoms with E-state index in [1.807, 2.05) is 31.2 Å². The minimum atomic E-state index is -0.0197. The van der Waals surface area contributed by atoms with Crippen LogP contribution in [0.15, 0.2) is 33.9 Å². The molecule has 6 heteroatoms. The summed E-state index contributed by atoms with van der Waals surface area (Å²) in [5.74, 6) is 0.287. The SMILES string of the molecule is CCOCCCNC(=O)CSc1nc2ccccc2o1. The quantitative estimate of drug-likeness (QED) is 0.598. The van der Waals surface area contributed by atoms with Gasteiger partial charge in [0.1, 0.15) is 5.52 Å². The minimum absolute atomic E-state index is 0.0197. The third-order valence-corrected chi connectivity index (χ3v) is 3.42. The number of ether oxygens (including phenoxy) is 1. The molecule has 0 fully saturated rings. The van der Waals surface area contributed by atoms with Crippen LogP contribution in [0.5, 0.6) is 0 Å². The number of nitrogens with zero attached hydrogens (tertiary/aromatic N) is 1. The molecule has 0 bridgehead atoms. The van der Waals surface area contributed by atoms with Crippen LogP contribution in [0.2, 0.25) is 0 Å². The molecule has 0 atom stereocenters. The van der Waals surface area contributed by atoms with E-state index in [-0.39, 0.29) is 5.91 Å². The Labute approximate surface area is 122 Å². The third-order valence-electron chi connectivity index (χ3n) is 2.59. The summed E-state index contributed by atoms with van der Waals surface area (Å²) in [4.78, 5) is 15.9. The Bertz CT molecular complexity index is 523. The van der Waals surface area contributed by atoms with E-state index in [4.69, 9.17) is 9.15 Å². The molecular weight excluding hydrogens is 276 g/mol. The highest BCUT2D eigenvalue weighted by Gasteiger charge is 2.08. The van der Waals surface area contributed by atoms with Crippen molar-refractivity contribution in [2.45, 2.75) is 18.6 Å². The van der Waals surface area contributed by atoms with E-state index in [9.17, 15) is 4.79 Å². The van der Waals surface area contributed by atoms with E-state index in [1.165, 1.54) is 11.8 Å². The molecule has 0 spiro atoms. The second-order valence-corrected chi connectivity index (χ2v) is 5.06. The highest BCUT2D eigenvalue weighted by atomic mass is 32.2. The minimum Gasteiger partial charge on any atom is -0.431 e. The number of fused-ring (bicyclic) bond motifs is 1. The Balaban J connectivity index is 1.70. The van der Waals surface area contributed by atoms with Crippen LogP contribution in [-0.4, -0.2) is 36.4 Å². The fraction of sp³-hybridized carbons (Fsp3) is 0.429. The first-order chi connectivity index (χ1) is 9.79. The van der Waals surface area contributed by atoms with Crippen LogP contribution in [0.1, 0.15) is 13.3 Å². The Hall–Kier alpha value is -1.53. The average molecular weight is 294 g/mol. The predicted octanol–water partition coefficient (Wildman–Crippen LogP) is 2.46. The molecule has 5 nitrogen and oxygen atoms in total. The normalized spacial score (nSPS) is 10.8. The molecule has 0 aliphatic heterocycles. The smallest absolute Gasteiger partial charge is 0.257 e. The molecule has 0 aliphatic rings. The molecule has 0 aliphatic carbocycles. The van der Waals surface area contributed by atoms with Crippen LogP contribution >= 0.6 is 11.8 Å². The summed E-state index contributed by atoms with van der Waals surface area (Å²) in [6, 6.07) is 7.55. The van der Waals surface area contributed by atoms with Crippen molar-refractivity contribution in [3.05, 3.63) is 24.3 Å². The van der Waals surface area contributed by atoms with E-state index >= 15 is 0 Å². The number of thioether (sulfide) groups is 1. The van der Waals surface area contributed by atoms with Crippen molar-refractivity contribution in [1.82, 2.24) is 10.3 Å². The fourth-order valence-corrected chi connectivity index (χ4v) is 2.31. The first-order valence-electron chi connectivity index (χ1n) is 6.62. The first-order valence-corrected chi connectivity index (χ1v) is 7.61. The fourth-order valence-electron chi connectivity index (χ4n) is 1.64. The lowest BCUT2D eigenvalue weighted by molar-refractivity contribution is -0.118. The molecule has 0 saturated carbocycles. The summed E-state index contributed by atoms with van der Waals surface area (Å²) >= 11 is 1.30. The van der Waals surface area contributed by atoms with Gasteiger partial charge in [0.15, 0.2) is 5.58 Å². The van der Waals surface area contributed by atoms with Gasteiger partial charge in [-0.1, -0.05) is 23.9 Å². The van der Waals surface area contributed by atoms with Crippen LogP contribution in [-0.2, 0) is 9.53 Å². The van der Waals surface area contributed by atoms with Crippen molar-refractivity contribution in [1.29, 1.82) is 0 Å². The molecule has 1 N–H and O–H groups in total. The van der Waals surface area contributed by atoms with E-state index in [1.54, 1.807) is 0 Å². The molecule has 20 heavy (non-hydrogen) atoms. The van der Waals surface area contributed by atoms with Gasteiger partial charge in [-0.15, -0.1) is 0 Å². The monoisotopic (exact) mass is 294 g/mol. The first kappa shape index (κ1) is 14.9. The Morgan fingerprint density at radius 2 is 2.30 bits per heavy atom. The van der Waals surface area contributed by atoms with Crippen molar-refractivity contribution in [3.8, 4) is 0 Å². The van der Waals surface area contributed by atoms with Crippen molar-refractivity contribution < 1.29 is 13.9 Å². The van der Waals surface area contributed by atoms with E-state index < -0.39 is 0 Å². The van der Waals surface area contributed by atoms with Gasteiger partial charge in [0, 0.05) is 19.8 Å². The van der Waals surface area contributed by atoms with Gasteiger partial charge in [-0.05, 0) is 25.5 Å². The van der Waals surface area contributed by atoms with Gasteiger partial charge in [-0.25, -0.2) is 4.98 Å². The van der Waals surface area contributed by atoms with Crippen molar-refractivity contribution in [2.24, 2.45) is 0 Å². The maximum Gasteiger partial charge on any atom is 0.257 e. The van der Waals surface area contributed by atoms with Gasteiger partial charge < -0.3 is 14.5 Å². The second-order valence-electron chi connectivity index (χ2n) is 4.14. The Morgan fingerprint density at radius 3 is 3.10 bits per heavy atom. The maximum atomic E-state index is 11.6. The molecule has 1 heterocycles. The van der Waals surface area contributed by atoms with E-state index in [0.717, 1.165) is 17.5 Å². The molecule has 0 saturated heterocycles. The summed E-state index contributed by atoms with van der Waals surface area (Å²) in [5.41, 5.74) is 1.55. The lowest BCUT2D eigenvalue weighted by atomic mass is 10.3. The maximum absolute atomic E-state index is 11.6. The zero-order chi connectivity index (χ0) is 14.2. The van der Waals surface area contributed by atoms with Crippen molar-refractivity contribution in [2.75, 3.05) is 25.5 Å². The number of carbonyl (C=O) groups is 1. The molecule has 1 aromatic carbocycles. The molecule has 2 rings (SSSR count). The van der Waals surface area contributed by atoms with Crippen LogP contribution in [0.3, 0.4) is 0 Å². The van der Waals surface area contributed by atoms with Gasteiger partial charge in [0.2, 0.25) is 5.91 Å². The largest absolute Gasteiger partial charge is 0.431 e. The standard InChI is InChI=1S/C14H18N2O3S/c1-2-18-9-5-8-15-13(17)10-20-14-16-11-6-3-4-7-12(11)19-14/h3-4,6-7H,2,5,8-10H2,1H3,(H,15,17). The number of carbonyl (C=O) groups excluding carboxylic acids is 1. The van der Waals surface area contributed by atoms with E-state index in [0.29, 0.717) is 30.7 Å². The van der Waals surface area contributed by atoms with Crippen LogP contribution in [0, 0.1) is 0 Å². The number of hydrogen-bond donors (Lipinski definition) is 1. The van der Waals surface area contributed by atoms with Gasteiger partial charge in [0.05, 0.1) is 5.75 Å². The van der Waals surface area contributed by atoms with Crippen molar-refractivity contribution in [3.63, 3.8) is 0 Å².